The smallest absolute Gasteiger partial charge is 0.266 e. The van der Waals surface area contributed by atoms with Crippen molar-refractivity contribution in [1.29, 1.82) is 0 Å². The Balaban J connectivity index is 1.49. The third-order valence-corrected chi connectivity index (χ3v) is 7.56. The van der Waals surface area contributed by atoms with E-state index in [4.69, 9.17) is 16.3 Å². The lowest BCUT2D eigenvalue weighted by atomic mass is 9.81. The lowest BCUT2D eigenvalue weighted by Crippen LogP contribution is -2.38. The first-order chi connectivity index (χ1) is 15.3. The molecular formula is C20H19ClF2N4O3S2. The molecule has 12 heteroatoms. The average Bonchev–Trinajstić information content (AvgIpc) is 3.27. The van der Waals surface area contributed by atoms with Crippen LogP contribution >= 0.6 is 22.9 Å². The SMILES string of the molecule is O=S(=O)(Nc1nncs1)c1cc(F)c(OC[C@H]2CNCC[C@@H]2c2ccc(Cl)cc2)cc1F. The molecule has 2 atom stereocenters. The summed E-state index contributed by atoms with van der Waals surface area (Å²) in [5.74, 6) is -2.28. The van der Waals surface area contributed by atoms with E-state index < -0.39 is 26.6 Å². The maximum absolute atomic E-state index is 14.6. The molecule has 0 unspecified atom stereocenters. The van der Waals surface area contributed by atoms with E-state index in [0.29, 0.717) is 17.6 Å². The van der Waals surface area contributed by atoms with Crippen molar-refractivity contribution in [3.8, 4) is 5.75 Å². The summed E-state index contributed by atoms with van der Waals surface area (Å²) in [5.41, 5.74) is 2.41. The zero-order valence-corrected chi connectivity index (χ0v) is 19.0. The second-order valence-electron chi connectivity index (χ2n) is 7.28. The molecule has 1 aromatic heterocycles. The zero-order valence-electron chi connectivity index (χ0n) is 16.6. The Morgan fingerprint density at radius 3 is 2.72 bits per heavy atom. The maximum atomic E-state index is 14.6. The van der Waals surface area contributed by atoms with Crippen LogP contribution in [0.15, 0.2) is 46.8 Å². The Hall–Kier alpha value is -2.34. The summed E-state index contributed by atoms with van der Waals surface area (Å²) >= 11 is 6.89. The summed E-state index contributed by atoms with van der Waals surface area (Å²) in [6, 6.07) is 8.90. The van der Waals surface area contributed by atoms with Crippen molar-refractivity contribution < 1.29 is 21.9 Å². The molecule has 0 radical (unpaired) electrons. The molecule has 2 N–H and O–H groups in total. The van der Waals surface area contributed by atoms with Gasteiger partial charge < -0.3 is 10.1 Å². The van der Waals surface area contributed by atoms with Gasteiger partial charge in [0, 0.05) is 29.6 Å². The van der Waals surface area contributed by atoms with Gasteiger partial charge in [-0.1, -0.05) is 35.1 Å². The second kappa shape index (κ2) is 9.65. The van der Waals surface area contributed by atoms with Crippen molar-refractivity contribution >= 4 is 38.1 Å². The average molecular weight is 501 g/mol. The number of rotatable bonds is 7. The summed E-state index contributed by atoms with van der Waals surface area (Å²) in [6.07, 6.45) is 0.862. The van der Waals surface area contributed by atoms with E-state index in [2.05, 4.69) is 20.2 Å². The first kappa shape index (κ1) is 22.8. The van der Waals surface area contributed by atoms with Crippen LogP contribution in [0.25, 0.3) is 0 Å². The number of benzene rings is 2. The highest BCUT2D eigenvalue weighted by Crippen LogP contribution is 2.33. The number of hydrogen-bond donors (Lipinski definition) is 2. The minimum atomic E-state index is -4.37. The lowest BCUT2D eigenvalue weighted by Gasteiger charge is -2.32. The van der Waals surface area contributed by atoms with E-state index in [0.717, 1.165) is 35.9 Å². The van der Waals surface area contributed by atoms with Crippen LogP contribution in [0.4, 0.5) is 13.9 Å². The molecule has 1 fully saturated rings. The van der Waals surface area contributed by atoms with Gasteiger partial charge in [-0.25, -0.2) is 17.2 Å². The molecular weight excluding hydrogens is 482 g/mol. The molecule has 4 rings (SSSR count). The number of nitrogens with zero attached hydrogens (tertiary/aromatic N) is 2. The van der Waals surface area contributed by atoms with Crippen LogP contribution in [0.1, 0.15) is 17.9 Å². The summed E-state index contributed by atoms with van der Waals surface area (Å²) < 4.78 is 61.6. The number of sulfonamides is 1. The first-order valence-electron chi connectivity index (χ1n) is 9.70. The van der Waals surface area contributed by atoms with Crippen LogP contribution in [0.2, 0.25) is 5.02 Å². The highest BCUT2D eigenvalue weighted by Gasteiger charge is 2.28. The van der Waals surface area contributed by atoms with Gasteiger partial charge in [0.05, 0.1) is 6.61 Å². The van der Waals surface area contributed by atoms with Crippen molar-refractivity contribution in [2.75, 3.05) is 24.4 Å². The minimum absolute atomic E-state index is 0.00913. The molecule has 32 heavy (non-hydrogen) atoms. The Bertz CT molecular complexity index is 1180. The molecule has 2 aromatic carbocycles. The lowest BCUT2D eigenvalue weighted by molar-refractivity contribution is 0.190. The largest absolute Gasteiger partial charge is 0.490 e. The molecule has 0 aliphatic carbocycles. The highest BCUT2D eigenvalue weighted by atomic mass is 35.5. The van der Waals surface area contributed by atoms with E-state index in [1.54, 1.807) is 0 Å². The van der Waals surface area contributed by atoms with Gasteiger partial charge in [-0.2, -0.15) is 0 Å². The van der Waals surface area contributed by atoms with Crippen molar-refractivity contribution in [3.05, 3.63) is 64.1 Å². The van der Waals surface area contributed by atoms with Crippen LogP contribution in [0.5, 0.6) is 5.75 Å². The number of aromatic nitrogens is 2. The van der Waals surface area contributed by atoms with Gasteiger partial charge in [-0.15, -0.1) is 10.2 Å². The van der Waals surface area contributed by atoms with E-state index in [9.17, 15) is 17.2 Å². The third kappa shape index (κ3) is 5.17. The molecule has 170 valence electrons. The van der Waals surface area contributed by atoms with Crippen LogP contribution in [-0.2, 0) is 10.0 Å². The van der Waals surface area contributed by atoms with Crippen molar-refractivity contribution in [3.63, 3.8) is 0 Å². The molecule has 7 nitrogen and oxygen atoms in total. The predicted molar refractivity (Wildman–Crippen MR) is 118 cm³/mol. The second-order valence-corrected chi connectivity index (χ2v) is 10.2. The van der Waals surface area contributed by atoms with Crippen LogP contribution in [0.3, 0.4) is 0 Å². The van der Waals surface area contributed by atoms with E-state index in [-0.39, 0.29) is 29.3 Å². The van der Waals surface area contributed by atoms with Gasteiger partial charge in [0.1, 0.15) is 16.2 Å². The zero-order chi connectivity index (χ0) is 22.7. The fraction of sp³-hybridized carbons (Fsp3) is 0.300. The standard InChI is InChI=1S/C20H19ClF2N4O3S2/c21-14-3-1-12(2-4-14)15-5-6-24-9-13(15)10-30-18-7-17(23)19(8-16(18)22)32(28,29)27-20-26-25-11-31-20/h1-4,7-8,11,13,15,24H,5-6,9-10H2,(H,26,27)/t13-,15-/m1/s1. The minimum Gasteiger partial charge on any atom is -0.490 e. The van der Waals surface area contributed by atoms with Gasteiger partial charge in [0.2, 0.25) is 5.13 Å². The van der Waals surface area contributed by atoms with Crippen LogP contribution in [0, 0.1) is 17.6 Å². The molecule has 0 amide bonds. The molecule has 2 heterocycles. The number of anilines is 1. The Kier molecular flexibility index (Phi) is 6.89. The number of ether oxygens (including phenoxy) is 1. The molecule has 0 bridgehead atoms. The highest BCUT2D eigenvalue weighted by molar-refractivity contribution is 7.93. The van der Waals surface area contributed by atoms with Crippen molar-refractivity contribution in [2.24, 2.45) is 5.92 Å². The third-order valence-electron chi connectivity index (χ3n) is 5.22. The van der Waals surface area contributed by atoms with Crippen LogP contribution < -0.4 is 14.8 Å². The van der Waals surface area contributed by atoms with Gasteiger partial charge in [0.25, 0.3) is 10.0 Å². The Morgan fingerprint density at radius 1 is 1.22 bits per heavy atom. The number of halogens is 3. The van der Waals surface area contributed by atoms with Crippen LogP contribution in [-0.4, -0.2) is 38.3 Å². The first-order valence-corrected chi connectivity index (χ1v) is 12.4. The fourth-order valence-electron chi connectivity index (χ4n) is 3.66. The summed E-state index contributed by atoms with van der Waals surface area (Å²) in [5, 5.41) is 10.9. The van der Waals surface area contributed by atoms with Gasteiger partial charge in [0.15, 0.2) is 11.6 Å². The van der Waals surface area contributed by atoms with E-state index >= 15 is 0 Å². The molecule has 1 aliphatic rings. The normalized spacial score (nSPS) is 19.0. The van der Waals surface area contributed by atoms with Crippen molar-refractivity contribution in [1.82, 2.24) is 15.5 Å². The predicted octanol–water partition coefficient (Wildman–Crippen LogP) is 4.04. The Morgan fingerprint density at radius 2 is 2.00 bits per heavy atom. The monoisotopic (exact) mass is 500 g/mol. The number of piperidine rings is 1. The molecule has 3 aromatic rings. The molecule has 1 saturated heterocycles. The maximum Gasteiger partial charge on any atom is 0.266 e. The van der Waals surface area contributed by atoms with Gasteiger partial charge in [-0.05, 0) is 36.6 Å². The summed E-state index contributed by atoms with van der Waals surface area (Å²) in [7, 11) is -4.37. The summed E-state index contributed by atoms with van der Waals surface area (Å²) in [4.78, 5) is -0.837. The van der Waals surface area contributed by atoms with Gasteiger partial charge in [-0.3, -0.25) is 4.72 Å². The Labute approximate surface area is 192 Å². The van der Waals surface area contributed by atoms with Gasteiger partial charge >= 0.3 is 0 Å². The van der Waals surface area contributed by atoms with E-state index in [1.807, 2.05) is 24.3 Å². The fourth-order valence-corrected chi connectivity index (χ4v) is 5.55. The quantitative estimate of drug-likeness (QED) is 0.508. The molecule has 0 saturated carbocycles. The summed E-state index contributed by atoms with van der Waals surface area (Å²) in [6.45, 7) is 1.61. The number of nitrogens with one attached hydrogen (secondary N) is 2. The molecule has 1 aliphatic heterocycles. The number of hydrogen-bond acceptors (Lipinski definition) is 7. The van der Waals surface area contributed by atoms with Crippen molar-refractivity contribution in [2.45, 2.75) is 17.2 Å². The molecule has 0 spiro atoms. The topological polar surface area (TPSA) is 93.2 Å². The van der Waals surface area contributed by atoms with E-state index in [1.165, 1.54) is 5.51 Å².